The van der Waals surface area contributed by atoms with Crippen LogP contribution in [0.5, 0.6) is 0 Å². The zero-order chi connectivity index (χ0) is 13.4. The second-order valence-electron chi connectivity index (χ2n) is 3.32. The number of aliphatic hydroxyl groups is 2. The van der Waals surface area contributed by atoms with E-state index in [4.69, 9.17) is 21.1 Å². The van der Waals surface area contributed by atoms with Crippen LogP contribution in [0.25, 0.3) is 0 Å². The lowest BCUT2D eigenvalue weighted by atomic mass is 10.1. The largest absolute Gasteiger partial charge is 0.480 e. The van der Waals surface area contributed by atoms with Gasteiger partial charge in [-0.05, 0) is 6.42 Å². The van der Waals surface area contributed by atoms with Crippen molar-refractivity contribution < 1.29 is 34.4 Å². The zero-order valence-electron chi connectivity index (χ0n) is 8.98. The molecule has 3 atom stereocenters. The van der Waals surface area contributed by atoms with E-state index in [1.165, 1.54) is 0 Å². The van der Waals surface area contributed by atoms with Crippen LogP contribution in [0.1, 0.15) is 12.8 Å². The number of carboxylic acids is 1. The van der Waals surface area contributed by atoms with Crippen molar-refractivity contribution in [3.05, 3.63) is 0 Å². The van der Waals surface area contributed by atoms with Crippen LogP contribution in [0.2, 0.25) is 0 Å². The number of carboxylic acid groups (broad SMARTS) is 1. The van der Waals surface area contributed by atoms with Crippen molar-refractivity contribution in [2.24, 2.45) is 5.73 Å². The first-order valence-corrected chi connectivity index (χ1v) is 4.84. The molecule has 0 aromatic carbocycles. The Morgan fingerprint density at radius 1 is 1.41 bits per heavy atom. The molecule has 1 unspecified atom stereocenters. The van der Waals surface area contributed by atoms with E-state index in [-0.39, 0.29) is 19.1 Å². The van der Waals surface area contributed by atoms with Crippen LogP contribution in [-0.2, 0) is 19.1 Å². The van der Waals surface area contributed by atoms with E-state index in [2.05, 4.69) is 4.74 Å². The van der Waals surface area contributed by atoms with Crippen molar-refractivity contribution in [3.8, 4) is 0 Å². The molecule has 0 amide bonds. The first kappa shape index (κ1) is 15.5. The molecule has 0 rings (SSSR count). The van der Waals surface area contributed by atoms with Crippen LogP contribution >= 0.6 is 0 Å². The Kier molecular flexibility index (Phi) is 7.03. The number of carbonyl (C=O) groups excluding carboxylic acids is 2. The number of hydrogen-bond acceptors (Lipinski definition) is 7. The first-order valence-electron chi connectivity index (χ1n) is 4.84. The quantitative estimate of drug-likeness (QED) is 0.276. The average Bonchev–Trinajstić information content (AvgIpc) is 2.31. The molecule has 0 saturated carbocycles. The minimum atomic E-state index is -1.50. The van der Waals surface area contributed by atoms with Crippen molar-refractivity contribution in [1.82, 2.24) is 0 Å². The summed E-state index contributed by atoms with van der Waals surface area (Å²) >= 11 is 0. The van der Waals surface area contributed by atoms with E-state index in [1.54, 1.807) is 0 Å². The second-order valence-corrected chi connectivity index (χ2v) is 3.32. The van der Waals surface area contributed by atoms with Crippen molar-refractivity contribution in [2.75, 3.05) is 6.61 Å². The van der Waals surface area contributed by atoms with Gasteiger partial charge in [-0.2, -0.15) is 0 Å². The van der Waals surface area contributed by atoms with E-state index < -0.39 is 36.8 Å². The molecular weight excluding hydrogens is 234 g/mol. The molecule has 0 aromatic heterocycles. The van der Waals surface area contributed by atoms with Gasteiger partial charge in [0.05, 0.1) is 6.61 Å². The van der Waals surface area contributed by atoms with Crippen LogP contribution in [0.3, 0.4) is 0 Å². The summed E-state index contributed by atoms with van der Waals surface area (Å²) in [6.45, 7) is -0.731. The maximum atomic E-state index is 11.1. The summed E-state index contributed by atoms with van der Waals surface area (Å²) < 4.78 is 4.52. The van der Waals surface area contributed by atoms with Crippen LogP contribution in [0, 0.1) is 0 Å². The summed E-state index contributed by atoms with van der Waals surface area (Å²) in [4.78, 5) is 31.9. The molecule has 0 fully saturated rings. The Morgan fingerprint density at radius 3 is 2.41 bits per heavy atom. The van der Waals surface area contributed by atoms with Gasteiger partial charge in [0.15, 0.2) is 12.4 Å². The second kappa shape index (κ2) is 7.71. The molecule has 0 aliphatic rings. The predicted octanol–water partition coefficient (Wildman–Crippen LogP) is -2.36. The highest BCUT2D eigenvalue weighted by Gasteiger charge is 2.23. The van der Waals surface area contributed by atoms with Crippen molar-refractivity contribution in [2.45, 2.75) is 31.1 Å². The lowest BCUT2D eigenvalue weighted by molar-refractivity contribution is -0.159. The number of aliphatic hydroxyl groups excluding tert-OH is 2. The maximum absolute atomic E-state index is 11.1. The Bertz CT molecular complexity index is 281. The van der Waals surface area contributed by atoms with Gasteiger partial charge in [0.1, 0.15) is 12.1 Å². The molecule has 98 valence electrons. The highest BCUT2D eigenvalue weighted by Crippen LogP contribution is 2.02. The zero-order valence-corrected chi connectivity index (χ0v) is 8.98. The summed E-state index contributed by atoms with van der Waals surface area (Å²) in [5.74, 6) is -2.12. The molecule has 8 heteroatoms. The van der Waals surface area contributed by atoms with Crippen molar-refractivity contribution >= 4 is 18.2 Å². The van der Waals surface area contributed by atoms with E-state index in [9.17, 15) is 14.4 Å². The van der Waals surface area contributed by atoms with E-state index >= 15 is 0 Å². The lowest BCUT2D eigenvalue weighted by Crippen LogP contribution is -2.36. The normalized spacial score (nSPS) is 15.7. The Balaban J connectivity index is 4.07. The van der Waals surface area contributed by atoms with Crippen molar-refractivity contribution in [1.29, 1.82) is 0 Å². The molecule has 0 saturated heterocycles. The number of rotatable bonds is 8. The summed E-state index contributed by atoms with van der Waals surface area (Å²) in [5.41, 5.74) is 5.15. The Hall–Kier alpha value is -1.51. The molecule has 0 heterocycles. The number of carbonyl (C=O) groups is 3. The summed E-state index contributed by atoms with van der Waals surface area (Å²) in [5, 5.41) is 26.0. The molecule has 0 bridgehead atoms. The Morgan fingerprint density at radius 2 is 2.00 bits per heavy atom. The number of aldehydes is 1. The van der Waals surface area contributed by atoms with Gasteiger partial charge in [0.25, 0.3) is 0 Å². The Labute approximate surface area is 97.0 Å². The topological polar surface area (TPSA) is 147 Å². The minimum Gasteiger partial charge on any atom is -0.480 e. The molecule has 0 aliphatic carbocycles. The molecule has 0 aliphatic heterocycles. The van der Waals surface area contributed by atoms with E-state index in [0.29, 0.717) is 0 Å². The molecule has 0 spiro atoms. The van der Waals surface area contributed by atoms with Gasteiger partial charge in [-0.1, -0.05) is 0 Å². The minimum absolute atomic E-state index is 0.144. The number of ether oxygens (including phenoxy) is 1. The average molecular weight is 249 g/mol. The monoisotopic (exact) mass is 249 g/mol. The van der Waals surface area contributed by atoms with Gasteiger partial charge < -0.3 is 25.8 Å². The highest BCUT2D eigenvalue weighted by atomic mass is 16.6. The summed E-state index contributed by atoms with van der Waals surface area (Å²) in [6, 6.07) is -1.19. The third-order valence-electron chi connectivity index (χ3n) is 1.94. The standard InChI is InChI=1S/C9H15NO7/c10-5(9(15)16)1-2-8(14)17-7(4-12)6(13)3-11/h4-7,11,13H,1-3,10H2,(H,15,16)/t5?,6-,7+/m1/s1. The van der Waals surface area contributed by atoms with Gasteiger partial charge in [-0.3, -0.25) is 14.4 Å². The van der Waals surface area contributed by atoms with Crippen LogP contribution in [-0.4, -0.2) is 58.4 Å². The molecule has 5 N–H and O–H groups in total. The number of esters is 1. The number of aliphatic carboxylic acids is 1. The molecule has 0 aromatic rings. The van der Waals surface area contributed by atoms with Crippen LogP contribution < -0.4 is 5.73 Å². The fourth-order valence-electron chi connectivity index (χ4n) is 0.908. The smallest absolute Gasteiger partial charge is 0.320 e. The van der Waals surface area contributed by atoms with Crippen LogP contribution in [0.4, 0.5) is 0 Å². The highest BCUT2D eigenvalue weighted by molar-refractivity contribution is 5.76. The van der Waals surface area contributed by atoms with Gasteiger partial charge in [0, 0.05) is 6.42 Å². The molecule has 0 radical (unpaired) electrons. The van der Waals surface area contributed by atoms with E-state index in [1.807, 2.05) is 0 Å². The lowest BCUT2D eigenvalue weighted by Gasteiger charge is -2.16. The van der Waals surface area contributed by atoms with Crippen molar-refractivity contribution in [3.63, 3.8) is 0 Å². The third-order valence-corrected chi connectivity index (χ3v) is 1.94. The maximum Gasteiger partial charge on any atom is 0.320 e. The predicted molar refractivity (Wildman–Crippen MR) is 53.9 cm³/mol. The van der Waals surface area contributed by atoms with Gasteiger partial charge in [-0.15, -0.1) is 0 Å². The number of nitrogens with two attached hydrogens (primary N) is 1. The summed E-state index contributed by atoms with van der Waals surface area (Å²) in [7, 11) is 0. The molecular formula is C9H15NO7. The molecule has 8 nitrogen and oxygen atoms in total. The fourth-order valence-corrected chi connectivity index (χ4v) is 0.908. The fraction of sp³-hybridized carbons (Fsp3) is 0.667. The van der Waals surface area contributed by atoms with Gasteiger partial charge in [0.2, 0.25) is 0 Å². The first-order chi connectivity index (χ1) is 7.92. The third kappa shape index (κ3) is 5.95. The SMILES string of the molecule is NC(CCC(=O)O[C@@H](C=O)[C@H](O)CO)C(=O)O. The molecule has 17 heavy (non-hydrogen) atoms. The van der Waals surface area contributed by atoms with Gasteiger partial charge >= 0.3 is 11.9 Å². The summed E-state index contributed by atoms with van der Waals surface area (Å²) in [6.07, 6.45) is -3.22. The van der Waals surface area contributed by atoms with Gasteiger partial charge in [-0.25, -0.2) is 0 Å². The van der Waals surface area contributed by atoms with E-state index in [0.717, 1.165) is 0 Å². The number of hydrogen-bond donors (Lipinski definition) is 4. The van der Waals surface area contributed by atoms with Crippen LogP contribution in [0.15, 0.2) is 0 Å².